The van der Waals surface area contributed by atoms with Gasteiger partial charge >= 0.3 is 0 Å². The van der Waals surface area contributed by atoms with Crippen LogP contribution in [0.4, 0.5) is 0 Å². The van der Waals surface area contributed by atoms with Gasteiger partial charge in [0.2, 0.25) is 65.0 Å². The summed E-state index contributed by atoms with van der Waals surface area (Å²) < 4.78 is 22.5. The zero-order chi connectivity index (χ0) is 53.2. The Hall–Kier alpha value is -6.46. The van der Waals surface area contributed by atoms with E-state index in [0.717, 1.165) is 16.7 Å². The maximum absolute atomic E-state index is 14.5. The van der Waals surface area contributed by atoms with Crippen molar-refractivity contribution in [3.05, 3.63) is 29.8 Å². The first-order chi connectivity index (χ1) is 33.4. The minimum atomic E-state index is -2.35. The van der Waals surface area contributed by atoms with Crippen LogP contribution in [0.15, 0.2) is 24.3 Å². The number of amides is 11. The molecular weight excluding hydrogens is 919 g/mol. The standard InChI is InChI=1S/C45H69N11O12S/c1-6-25(4)38-44(66)51-28(15-16-34(46)57)40(62)52-31(21-35(47)58)41(63)54-32(23-69-18-8-10-37(60)50-30(42(64)55-38)20-26-11-13-27(68-5)14-12-26)45(67)56-17-7-9-33(56)43(65)53-29(19-24(2)3)39(61)49-22-36(48)59/h11-14,24-25,28-33,38H,6-10,15-23H2,1-5H3,(H2,46,57)(H2,47,58)(H2,48,59)(H,49,61)(H,50,60)(H,51,66)(H,52,62)(H,53,65)(H,54,63)(H,55,64)/t25?,28-,29?,30-,31-,32-,33-,38-/m0/s1/i19D2. The molecule has 24 heteroatoms. The van der Waals surface area contributed by atoms with Crippen LogP contribution in [0.3, 0.4) is 0 Å². The van der Waals surface area contributed by atoms with Gasteiger partial charge in [0.05, 0.1) is 20.1 Å². The molecule has 0 saturated carbocycles. The molecule has 0 spiro atoms. The Balaban J connectivity index is 2.05. The second-order valence-corrected chi connectivity index (χ2v) is 18.4. The number of thioether (sulfide) groups is 1. The van der Waals surface area contributed by atoms with Crippen LogP contribution >= 0.6 is 11.8 Å². The summed E-state index contributed by atoms with van der Waals surface area (Å²) in [5.41, 5.74) is 16.7. The van der Waals surface area contributed by atoms with Gasteiger partial charge in [0.25, 0.3) is 0 Å². The number of carbonyl (C=O) groups excluding carboxylic acids is 11. The minimum absolute atomic E-state index is 0.00301. The third-order valence-corrected chi connectivity index (χ3v) is 12.5. The molecule has 23 nitrogen and oxygen atoms in total. The maximum atomic E-state index is 14.5. The molecule has 1 aromatic carbocycles. The highest BCUT2D eigenvalue weighted by Gasteiger charge is 2.40. The maximum Gasteiger partial charge on any atom is 0.246 e. The number of nitrogens with zero attached hydrogens (tertiary/aromatic N) is 1. The molecule has 0 aromatic heterocycles. The van der Waals surface area contributed by atoms with Gasteiger partial charge in [-0.15, -0.1) is 0 Å². The summed E-state index contributed by atoms with van der Waals surface area (Å²) in [6.07, 6.45) is -3.17. The van der Waals surface area contributed by atoms with Gasteiger partial charge in [-0.05, 0) is 67.3 Å². The van der Waals surface area contributed by atoms with E-state index in [-0.39, 0.29) is 50.2 Å². The first kappa shape index (κ1) is 53.5. The molecule has 2 aliphatic rings. The molecule has 2 heterocycles. The van der Waals surface area contributed by atoms with Gasteiger partial charge in [0.1, 0.15) is 48.0 Å². The molecule has 0 radical (unpaired) electrons. The first-order valence-electron chi connectivity index (χ1n) is 23.8. The summed E-state index contributed by atoms with van der Waals surface area (Å²) in [4.78, 5) is 148. The van der Waals surface area contributed by atoms with Crippen molar-refractivity contribution in [3.63, 3.8) is 0 Å². The Labute approximate surface area is 408 Å². The number of carbonyl (C=O) groups is 11. The van der Waals surface area contributed by atoms with Crippen molar-refractivity contribution in [2.24, 2.45) is 29.0 Å². The van der Waals surface area contributed by atoms with E-state index in [1.165, 1.54) is 21.0 Å². The van der Waals surface area contributed by atoms with Crippen LogP contribution in [0.5, 0.6) is 5.75 Å². The summed E-state index contributed by atoms with van der Waals surface area (Å²) >= 11 is 1.14. The number of hydrogen-bond acceptors (Lipinski definition) is 13. The molecule has 2 unspecified atom stereocenters. The lowest BCUT2D eigenvalue weighted by molar-refractivity contribution is -0.142. The normalized spacial score (nSPS) is 23.8. The van der Waals surface area contributed by atoms with Crippen molar-refractivity contribution < 1.29 is 60.2 Å². The van der Waals surface area contributed by atoms with Crippen molar-refractivity contribution >= 4 is 76.7 Å². The lowest BCUT2D eigenvalue weighted by atomic mass is 9.96. The molecule has 13 N–H and O–H groups in total. The summed E-state index contributed by atoms with van der Waals surface area (Å²) in [5, 5.41) is 17.6. The van der Waals surface area contributed by atoms with Gasteiger partial charge in [-0.3, -0.25) is 52.7 Å². The quantitative estimate of drug-likeness (QED) is 0.0728. The van der Waals surface area contributed by atoms with E-state index in [2.05, 4.69) is 37.2 Å². The second-order valence-electron chi connectivity index (χ2n) is 17.2. The second kappa shape index (κ2) is 28.1. The highest BCUT2D eigenvalue weighted by molar-refractivity contribution is 7.99. The molecule has 0 bridgehead atoms. The Kier molecular flexibility index (Phi) is 21.8. The monoisotopic (exact) mass is 989 g/mol. The van der Waals surface area contributed by atoms with E-state index >= 15 is 0 Å². The van der Waals surface area contributed by atoms with Crippen LogP contribution in [-0.4, -0.2) is 144 Å². The van der Waals surface area contributed by atoms with E-state index in [4.69, 9.17) is 24.7 Å². The van der Waals surface area contributed by atoms with Crippen LogP contribution in [0.2, 0.25) is 0 Å². The molecular formula is C45H69N11O12S. The molecule has 2 saturated heterocycles. The summed E-state index contributed by atoms with van der Waals surface area (Å²) in [5.74, 6) is -10.6. The van der Waals surface area contributed by atoms with Crippen molar-refractivity contribution in [2.75, 3.05) is 31.7 Å². The van der Waals surface area contributed by atoms with Crippen LogP contribution in [-0.2, 0) is 59.2 Å². The zero-order valence-corrected chi connectivity index (χ0v) is 40.5. The third kappa shape index (κ3) is 18.9. The number of ether oxygens (including phenoxy) is 1. The van der Waals surface area contributed by atoms with E-state index in [9.17, 15) is 52.7 Å². The van der Waals surface area contributed by atoms with E-state index < -0.39 is 151 Å². The first-order valence-corrected chi connectivity index (χ1v) is 24.0. The van der Waals surface area contributed by atoms with Gasteiger partial charge < -0.3 is 64.1 Å². The average Bonchev–Trinajstić information content (AvgIpc) is 3.81. The topological polar surface area (TPSA) is 363 Å². The van der Waals surface area contributed by atoms with Gasteiger partial charge in [-0.2, -0.15) is 11.8 Å². The van der Waals surface area contributed by atoms with E-state index in [1.54, 1.807) is 38.1 Å². The zero-order valence-electron chi connectivity index (χ0n) is 41.7. The number of likely N-dealkylation sites (tertiary alicyclic amines) is 1. The summed E-state index contributed by atoms with van der Waals surface area (Å²) in [6, 6.07) is -3.62. The predicted molar refractivity (Wildman–Crippen MR) is 253 cm³/mol. The minimum Gasteiger partial charge on any atom is -0.497 e. The summed E-state index contributed by atoms with van der Waals surface area (Å²) in [7, 11) is 1.49. The fourth-order valence-corrected chi connectivity index (χ4v) is 8.42. The molecule has 2 fully saturated rings. The number of nitrogens with one attached hydrogen (secondary N) is 7. The van der Waals surface area contributed by atoms with Gasteiger partial charge in [0.15, 0.2) is 0 Å². The van der Waals surface area contributed by atoms with E-state index in [0.29, 0.717) is 17.7 Å². The number of nitrogens with two attached hydrogens (primary N) is 3. The van der Waals surface area contributed by atoms with Gasteiger partial charge in [-0.1, -0.05) is 46.2 Å². The lowest BCUT2D eigenvalue weighted by Crippen LogP contribution is -2.61. The SMILES string of the molecule is [2H]C([2H])(C(C)C)C(NC(=O)[C@@H]1CCCN1C(=O)[C@@H]1CSCCCC(=O)N[C@@H](Cc2ccc(OC)cc2)C(=O)N[C@@H](C(C)CC)C(=O)N[C@@H](CCC(N)=O)C(=O)N[C@@H](CC(N)=O)C(=O)N1)C(=O)NCC(N)=O. The Morgan fingerprint density at radius 3 is 2.10 bits per heavy atom. The van der Waals surface area contributed by atoms with Crippen molar-refractivity contribution in [1.29, 1.82) is 0 Å². The molecule has 382 valence electrons. The molecule has 8 atom stereocenters. The smallest absolute Gasteiger partial charge is 0.246 e. The molecule has 11 amide bonds. The van der Waals surface area contributed by atoms with Crippen molar-refractivity contribution in [3.8, 4) is 5.75 Å². The van der Waals surface area contributed by atoms with E-state index in [1.807, 2.05) is 0 Å². The number of hydrogen-bond donors (Lipinski definition) is 10. The van der Waals surface area contributed by atoms with Crippen molar-refractivity contribution in [2.45, 2.75) is 134 Å². The third-order valence-electron chi connectivity index (χ3n) is 11.3. The van der Waals surface area contributed by atoms with Crippen LogP contribution in [0, 0.1) is 11.8 Å². The number of rotatable bonds is 18. The average molecular weight is 990 g/mol. The highest BCUT2D eigenvalue weighted by Crippen LogP contribution is 2.22. The van der Waals surface area contributed by atoms with Crippen LogP contribution in [0.1, 0.15) is 93.7 Å². The molecule has 2 aliphatic heterocycles. The van der Waals surface area contributed by atoms with Gasteiger partial charge in [-0.25, -0.2) is 0 Å². The number of primary amides is 3. The molecule has 0 aliphatic carbocycles. The number of methoxy groups -OCH3 is 1. The lowest BCUT2D eigenvalue weighted by Gasteiger charge is -2.31. The molecule has 69 heavy (non-hydrogen) atoms. The van der Waals surface area contributed by atoms with Crippen LogP contribution < -0.4 is 59.2 Å². The fraction of sp³-hybridized carbons (Fsp3) is 0.622. The number of benzene rings is 1. The fourth-order valence-electron chi connectivity index (χ4n) is 7.45. The van der Waals surface area contributed by atoms with Crippen LogP contribution in [0.25, 0.3) is 0 Å². The summed E-state index contributed by atoms with van der Waals surface area (Å²) in [6.45, 7) is 5.74. The molecule has 3 rings (SSSR count). The Morgan fingerprint density at radius 1 is 0.841 bits per heavy atom. The molecule has 1 aromatic rings. The Bertz CT molecular complexity index is 2120. The van der Waals surface area contributed by atoms with Gasteiger partial charge in [0, 0.05) is 34.3 Å². The van der Waals surface area contributed by atoms with Crippen molar-refractivity contribution in [1.82, 2.24) is 42.1 Å². The predicted octanol–water partition coefficient (Wildman–Crippen LogP) is -2.50. The Morgan fingerprint density at radius 2 is 1.49 bits per heavy atom. The largest absolute Gasteiger partial charge is 0.497 e. The highest BCUT2D eigenvalue weighted by atomic mass is 32.2.